The number of hydrogen-bond donors (Lipinski definition) is 2. The maximum absolute atomic E-state index is 14.1. The lowest BCUT2D eigenvalue weighted by atomic mass is 10.1. The van der Waals surface area contributed by atoms with Gasteiger partial charge in [-0.1, -0.05) is 0 Å². The minimum atomic E-state index is -0.449. The molecule has 1 aromatic heterocycles. The van der Waals surface area contributed by atoms with Gasteiger partial charge in [-0.3, -0.25) is 0 Å². The number of anilines is 2. The van der Waals surface area contributed by atoms with Crippen LogP contribution in [0.2, 0.25) is 0 Å². The topological polar surface area (TPSA) is 89.0 Å². The van der Waals surface area contributed by atoms with Gasteiger partial charge in [0.25, 0.3) is 0 Å². The molecule has 0 amide bonds. The van der Waals surface area contributed by atoms with Crippen LogP contribution in [0.25, 0.3) is 0 Å². The van der Waals surface area contributed by atoms with E-state index in [9.17, 15) is 4.39 Å². The highest BCUT2D eigenvalue weighted by Crippen LogP contribution is 2.20. The van der Waals surface area contributed by atoms with E-state index < -0.39 is 5.82 Å². The fraction of sp³-hybridized carbons (Fsp3) is 0.733. The molecule has 134 valence electrons. The molecule has 2 atom stereocenters. The van der Waals surface area contributed by atoms with Crippen molar-refractivity contribution in [1.82, 2.24) is 9.97 Å². The van der Waals surface area contributed by atoms with Crippen molar-refractivity contribution in [2.45, 2.75) is 18.6 Å². The second kappa shape index (κ2) is 8.52. The largest absolute Gasteiger partial charge is 0.394 e. The molecule has 3 heterocycles. The van der Waals surface area contributed by atoms with Crippen LogP contribution >= 0.6 is 0 Å². The van der Waals surface area contributed by atoms with Crippen molar-refractivity contribution in [3.05, 3.63) is 12.0 Å². The number of ether oxygens (including phenoxy) is 3. The summed E-state index contributed by atoms with van der Waals surface area (Å²) in [4.78, 5) is 10.2. The van der Waals surface area contributed by atoms with Crippen LogP contribution in [0.3, 0.4) is 0 Å². The minimum absolute atomic E-state index is 0.0295. The third-order valence-corrected chi connectivity index (χ3v) is 4.07. The second-order valence-corrected chi connectivity index (χ2v) is 5.71. The first-order valence-corrected chi connectivity index (χ1v) is 8.20. The van der Waals surface area contributed by atoms with Gasteiger partial charge in [-0.25, -0.2) is 9.37 Å². The average Bonchev–Trinajstić information content (AvgIpc) is 2.63. The molecule has 0 radical (unpaired) electrons. The van der Waals surface area contributed by atoms with E-state index in [1.165, 1.54) is 6.20 Å². The van der Waals surface area contributed by atoms with Gasteiger partial charge in [-0.2, -0.15) is 4.98 Å². The van der Waals surface area contributed by atoms with Crippen molar-refractivity contribution in [2.24, 2.45) is 0 Å². The number of aromatic nitrogens is 2. The molecule has 8 nitrogen and oxygen atoms in total. The summed E-state index contributed by atoms with van der Waals surface area (Å²) in [7, 11) is 0. The predicted molar refractivity (Wildman–Crippen MR) is 84.7 cm³/mol. The number of rotatable bonds is 6. The number of morpholine rings is 1. The summed E-state index contributed by atoms with van der Waals surface area (Å²) in [5.41, 5.74) is 0. The summed E-state index contributed by atoms with van der Waals surface area (Å²) in [6.07, 6.45) is 1.79. The number of nitrogens with one attached hydrogen (secondary N) is 1. The van der Waals surface area contributed by atoms with E-state index in [4.69, 9.17) is 19.3 Å². The first-order chi connectivity index (χ1) is 11.8. The molecular weight excluding hydrogens is 319 g/mol. The molecule has 2 aliphatic heterocycles. The molecule has 24 heavy (non-hydrogen) atoms. The van der Waals surface area contributed by atoms with Crippen molar-refractivity contribution in [3.8, 4) is 0 Å². The molecule has 0 aliphatic carbocycles. The van der Waals surface area contributed by atoms with Crippen LogP contribution < -0.4 is 10.2 Å². The van der Waals surface area contributed by atoms with Crippen molar-refractivity contribution in [1.29, 1.82) is 0 Å². The van der Waals surface area contributed by atoms with Gasteiger partial charge in [0.15, 0.2) is 11.6 Å². The van der Waals surface area contributed by atoms with Crippen LogP contribution in [0, 0.1) is 5.82 Å². The van der Waals surface area contributed by atoms with Crippen molar-refractivity contribution >= 4 is 11.8 Å². The fourth-order valence-corrected chi connectivity index (χ4v) is 2.85. The Hall–Kier alpha value is -1.55. The first kappa shape index (κ1) is 17.3. The van der Waals surface area contributed by atoms with Crippen LogP contribution in [0.15, 0.2) is 6.20 Å². The number of nitrogens with zero attached hydrogens (tertiary/aromatic N) is 3. The zero-order valence-electron chi connectivity index (χ0n) is 13.5. The molecule has 3 rings (SSSR count). The number of aliphatic hydroxyl groups is 1. The Morgan fingerprint density at radius 2 is 2.17 bits per heavy atom. The van der Waals surface area contributed by atoms with E-state index in [-0.39, 0.29) is 31.2 Å². The molecule has 0 bridgehead atoms. The monoisotopic (exact) mass is 342 g/mol. The molecule has 2 N–H and O–H groups in total. The standard InChI is InChI=1S/C15H23FN4O4/c16-11-9-17-15(19-14(11)20-2-6-22-7-3-20)18-12-10-23-5-1-13(12)24-8-4-21/h9,12-13,21H,1-8,10H2,(H,17,18,19)/t12-,13+/m1/s1. The van der Waals surface area contributed by atoms with E-state index >= 15 is 0 Å². The number of halogens is 1. The summed E-state index contributed by atoms with van der Waals surface area (Å²) in [6.45, 7) is 3.61. The lowest BCUT2D eigenvalue weighted by Gasteiger charge is -2.32. The molecule has 1 aromatic rings. The summed E-state index contributed by atoms with van der Waals surface area (Å²) >= 11 is 0. The zero-order chi connectivity index (χ0) is 16.8. The molecule has 0 spiro atoms. The van der Waals surface area contributed by atoms with Crippen molar-refractivity contribution in [2.75, 3.05) is 62.9 Å². The molecule has 2 fully saturated rings. The normalized spacial score (nSPS) is 24.8. The third kappa shape index (κ3) is 4.29. The highest BCUT2D eigenvalue weighted by Gasteiger charge is 2.27. The Balaban J connectivity index is 1.69. The molecular formula is C15H23FN4O4. The molecule has 2 saturated heterocycles. The maximum atomic E-state index is 14.1. The van der Waals surface area contributed by atoms with E-state index in [1.54, 1.807) is 0 Å². The van der Waals surface area contributed by atoms with Crippen LogP contribution in [-0.4, -0.2) is 80.0 Å². The molecule has 2 aliphatic rings. The van der Waals surface area contributed by atoms with E-state index in [0.29, 0.717) is 45.5 Å². The quantitative estimate of drug-likeness (QED) is 0.749. The number of aliphatic hydroxyl groups excluding tert-OH is 1. The summed E-state index contributed by atoms with van der Waals surface area (Å²) < 4.78 is 30.5. The van der Waals surface area contributed by atoms with Gasteiger partial charge in [0.2, 0.25) is 5.95 Å². The smallest absolute Gasteiger partial charge is 0.225 e. The van der Waals surface area contributed by atoms with Gasteiger partial charge in [-0.05, 0) is 6.42 Å². The number of hydrogen-bond acceptors (Lipinski definition) is 8. The lowest BCUT2D eigenvalue weighted by Crippen LogP contribution is -2.45. The Morgan fingerprint density at radius 3 is 2.96 bits per heavy atom. The minimum Gasteiger partial charge on any atom is -0.394 e. The van der Waals surface area contributed by atoms with Crippen molar-refractivity contribution in [3.63, 3.8) is 0 Å². The molecule has 0 aromatic carbocycles. The summed E-state index contributed by atoms with van der Waals surface area (Å²) in [5.74, 6) is 0.168. The van der Waals surface area contributed by atoms with Crippen LogP contribution in [-0.2, 0) is 14.2 Å². The summed E-state index contributed by atoms with van der Waals surface area (Å²) in [6, 6.07) is -0.145. The van der Waals surface area contributed by atoms with E-state index in [0.717, 1.165) is 6.42 Å². The Kier molecular flexibility index (Phi) is 6.13. The van der Waals surface area contributed by atoms with E-state index in [2.05, 4.69) is 15.3 Å². The highest BCUT2D eigenvalue weighted by atomic mass is 19.1. The van der Waals surface area contributed by atoms with E-state index in [1.807, 2.05) is 4.90 Å². The molecule has 9 heteroatoms. The molecule has 0 saturated carbocycles. The van der Waals surface area contributed by atoms with Crippen molar-refractivity contribution < 1.29 is 23.7 Å². The Morgan fingerprint density at radius 1 is 1.33 bits per heavy atom. The van der Waals surface area contributed by atoms with Gasteiger partial charge in [0.1, 0.15) is 0 Å². The van der Waals surface area contributed by atoms with Crippen LogP contribution in [0.4, 0.5) is 16.2 Å². The summed E-state index contributed by atoms with van der Waals surface area (Å²) in [5, 5.41) is 12.1. The Labute approximate surface area is 139 Å². The second-order valence-electron chi connectivity index (χ2n) is 5.71. The Bertz CT molecular complexity index is 530. The van der Waals surface area contributed by atoms with Gasteiger partial charge >= 0.3 is 0 Å². The van der Waals surface area contributed by atoms with Crippen LogP contribution in [0.5, 0.6) is 0 Å². The molecule has 0 unspecified atom stereocenters. The van der Waals surface area contributed by atoms with Gasteiger partial charge < -0.3 is 29.5 Å². The van der Waals surface area contributed by atoms with Gasteiger partial charge in [0.05, 0.1) is 51.4 Å². The fourth-order valence-electron chi connectivity index (χ4n) is 2.85. The predicted octanol–water partition coefficient (Wildman–Crippen LogP) is 0.0306. The van der Waals surface area contributed by atoms with Gasteiger partial charge in [0, 0.05) is 19.7 Å². The average molecular weight is 342 g/mol. The van der Waals surface area contributed by atoms with Gasteiger partial charge in [-0.15, -0.1) is 0 Å². The lowest BCUT2D eigenvalue weighted by molar-refractivity contribution is -0.0493. The zero-order valence-corrected chi connectivity index (χ0v) is 13.5. The van der Waals surface area contributed by atoms with Crippen LogP contribution in [0.1, 0.15) is 6.42 Å². The SMILES string of the molecule is OCCO[C@H]1CCOC[C@H]1Nc1ncc(F)c(N2CCOCC2)n1. The first-order valence-electron chi connectivity index (χ1n) is 8.20. The highest BCUT2D eigenvalue weighted by molar-refractivity contribution is 5.44. The third-order valence-electron chi connectivity index (χ3n) is 4.07. The maximum Gasteiger partial charge on any atom is 0.225 e.